The Morgan fingerprint density at radius 1 is 1.10 bits per heavy atom. The zero-order valence-corrected chi connectivity index (χ0v) is 17.9. The number of amides is 1. The van der Waals surface area contributed by atoms with Gasteiger partial charge in [-0.2, -0.15) is 9.41 Å². The SMILES string of the molecule is O=C(CN(Cc1ccccc1)S(=O)(=O)c1cc(Cl)ccc1Cl)N/N=C/c1ccco1. The van der Waals surface area contributed by atoms with Crippen molar-refractivity contribution in [2.45, 2.75) is 11.4 Å². The van der Waals surface area contributed by atoms with Crippen LogP contribution >= 0.6 is 23.2 Å². The van der Waals surface area contributed by atoms with Crippen LogP contribution in [0.15, 0.2) is 81.3 Å². The zero-order valence-electron chi connectivity index (χ0n) is 15.5. The molecule has 3 rings (SSSR count). The lowest BCUT2D eigenvalue weighted by Crippen LogP contribution is -2.39. The van der Waals surface area contributed by atoms with Gasteiger partial charge in [-0.15, -0.1) is 0 Å². The van der Waals surface area contributed by atoms with Crippen LogP contribution in [-0.2, 0) is 21.4 Å². The predicted octanol–water partition coefficient (Wildman–Crippen LogP) is 3.93. The number of nitrogens with zero attached hydrogens (tertiary/aromatic N) is 2. The molecule has 0 aliphatic carbocycles. The molecule has 0 aliphatic rings. The molecule has 0 aliphatic heterocycles. The second-order valence-electron chi connectivity index (χ2n) is 6.14. The zero-order chi connectivity index (χ0) is 21.6. The van der Waals surface area contributed by atoms with E-state index in [4.69, 9.17) is 27.6 Å². The number of hydrazone groups is 1. The van der Waals surface area contributed by atoms with E-state index in [0.29, 0.717) is 11.3 Å². The summed E-state index contributed by atoms with van der Waals surface area (Å²) in [5.41, 5.74) is 2.99. The predicted molar refractivity (Wildman–Crippen MR) is 115 cm³/mol. The fourth-order valence-corrected chi connectivity index (χ4v) is 4.68. The third-order valence-electron chi connectivity index (χ3n) is 3.96. The Bertz CT molecular complexity index is 1130. The van der Waals surface area contributed by atoms with E-state index in [1.807, 2.05) is 6.07 Å². The van der Waals surface area contributed by atoms with Gasteiger partial charge in [0.05, 0.1) is 24.0 Å². The molecule has 10 heteroatoms. The van der Waals surface area contributed by atoms with Crippen molar-refractivity contribution in [3.8, 4) is 0 Å². The lowest BCUT2D eigenvalue weighted by Gasteiger charge is -2.22. The van der Waals surface area contributed by atoms with Crippen molar-refractivity contribution in [3.05, 3.63) is 88.3 Å². The molecule has 0 spiro atoms. The van der Waals surface area contributed by atoms with E-state index in [2.05, 4.69) is 10.5 Å². The molecule has 1 heterocycles. The Morgan fingerprint density at radius 3 is 2.57 bits per heavy atom. The van der Waals surface area contributed by atoms with E-state index in [9.17, 15) is 13.2 Å². The average molecular weight is 466 g/mol. The van der Waals surface area contributed by atoms with Crippen molar-refractivity contribution in [1.29, 1.82) is 0 Å². The number of carbonyl (C=O) groups excluding carboxylic acids is 1. The standard InChI is InChI=1S/C20H17Cl2N3O4S/c21-16-8-9-18(22)19(11-16)30(27,28)25(13-15-5-2-1-3-6-15)14-20(26)24-23-12-17-7-4-10-29-17/h1-12H,13-14H2,(H,24,26)/b23-12+. The Kier molecular flexibility index (Phi) is 7.28. The summed E-state index contributed by atoms with van der Waals surface area (Å²) < 4.78 is 32.6. The summed E-state index contributed by atoms with van der Waals surface area (Å²) in [5.74, 6) is -0.190. The summed E-state index contributed by atoms with van der Waals surface area (Å²) >= 11 is 12.1. The molecule has 3 aromatic rings. The third-order valence-corrected chi connectivity index (χ3v) is 6.47. The molecule has 1 amide bonds. The van der Waals surface area contributed by atoms with Gasteiger partial charge in [-0.3, -0.25) is 4.79 Å². The van der Waals surface area contributed by atoms with Gasteiger partial charge in [0.25, 0.3) is 5.91 Å². The minimum Gasteiger partial charge on any atom is -0.463 e. The van der Waals surface area contributed by atoms with Crippen LogP contribution < -0.4 is 5.43 Å². The molecule has 0 atom stereocenters. The fraction of sp³-hybridized carbons (Fsp3) is 0.100. The number of carbonyl (C=O) groups is 1. The number of rotatable bonds is 8. The van der Waals surface area contributed by atoms with Gasteiger partial charge in [-0.25, -0.2) is 13.8 Å². The smallest absolute Gasteiger partial charge is 0.255 e. The van der Waals surface area contributed by atoms with E-state index < -0.39 is 22.5 Å². The van der Waals surface area contributed by atoms with Crippen LogP contribution in [0, 0.1) is 0 Å². The Balaban J connectivity index is 1.84. The molecule has 2 aromatic carbocycles. The Labute approximate surface area is 184 Å². The summed E-state index contributed by atoms with van der Waals surface area (Å²) in [4.78, 5) is 12.2. The molecule has 156 valence electrons. The second kappa shape index (κ2) is 9.90. The van der Waals surface area contributed by atoms with E-state index >= 15 is 0 Å². The summed E-state index contributed by atoms with van der Waals surface area (Å²) in [6.07, 6.45) is 2.77. The highest BCUT2D eigenvalue weighted by molar-refractivity contribution is 7.89. The van der Waals surface area contributed by atoms with Gasteiger partial charge < -0.3 is 4.42 Å². The van der Waals surface area contributed by atoms with E-state index in [0.717, 1.165) is 4.31 Å². The lowest BCUT2D eigenvalue weighted by atomic mass is 10.2. The van der Waals surface area contributed by atoms with Gasteiger partial charge >= 0.3 is 0 Å². The first-order chi connectivity index (χ1) is 14.4. The van der Waals surface area contributed by atoms with Gasteiger partial charge in [0, 0.05) is 11.6 Å². The molecule has 1 aromatic heterocycles. The number of hydrogen-bond donors (Lipinski definition) is 1. The third kappa shape index (κ3) is 5.70. The van der Waals surface area contributed by atoms with E-state index in [-0.39, 0.29) is 21.5 Å². The molecule has 0 unspecified atom stereocenters. The normalized spacial score (nSPS) is 11.8. The summed E-state index contributed by atoms with van der Waals surface area (Å²) in [6, 6.07) is 16.3. The van der Waals surface area contributed by atoms with Crippen LogP contribution in [0.1, 0.15) is 11.3 Å². The number of furan rings is 1. The molecular weight excluding hydrogens is 449 g/mol. The first-order valence-corrected chi connectivity index (χ1v) is 10.9. The second-order valence-corrected chi connectivity index (χ2v) is 8.89. The van der Waals surface area contributed by atoms with Crippen LogP contribution in [-0.4, -0.2) is 31.4 Å². The number of nitrogens with one attached hydrogen (secondary N) is 1. The molecule has 0 saturated heterocycles. The van der Waals surface area contributed by atoms with Gasteiger partial charge in [-0.05, 0) is 35.9 Å². The monoisotopic (exact) mass is 465 g/mol. The van der Waals surface area contributed by atoms with Crippen molar-refractivity contribution >= 4 is 45.3 Å². The maximum atomic E-state index is 13.3. The largest absolute Gasteiger partial charge is 0.463 e. The van der Waals surface area contributed by atoms with Crippen LogP contribution in [0.2, 0.25) is 10.0 Å². The minimum absolute atomic E-state index is 0.00806. The van der Waals surface area contributed by atoms with Gasteiger partial charge in [-0.1, -0.05) is 53.5 Å². The van der Waals surface area contributed by atoms with Crippen molar-refractivity contribution in [2.24, 2.45) is 5.10 Å². The van der Waals surface area contributed by atoms with Crippen LogP contribution in [0.25, 0.3) is 0 Å². The van der Waals surface area contributed by atoms with Crippen LogP contribution in [0.4, 0.5) is 0 Å². The average Bonchev–Trinajstić information content (AvgIpc) is 3.23. The molecule has 30 heavy (non-hydrogen) atoms. The van der Waals surface area contributed by atoms with Crippen LogP contribution in [0.5, 0.6) is 0 Å². The summed E-state index contributed by atoms with van der Waals surface area (Å²) in [6.45, 7) is -0.517. The van der Waals surface area contributed by atoms with Crippen molar-refractivity contribution < 1.29 is 17.6 Å². The molecule has 0 fully saturated rings. The van der Waals surface area contributed by atoms with E-state index in [1.54, 1.807) is 36.4 Å². The summed E-state index contributed by atoms with van der Waals surface area (Å²) in [5, 5.41) is 3.99. The number of hydrogen-bond acceptors (Lipinski definition) is 5. The molecule has 0 radical (unpaired) electrons. The maximum Gasteiger partial charge on any atom is 0.255 e. The maximum absolute atomic E-state index is 13.3. The van der Waals surface area contributed by atoms with Gasteiger partial charge in [0.1, 0.15) is 10.7 Å². The molecule has 1 N–H and O–H groups in total. The number of sulfonamides is 1. The Morgan fingerprint density at radius 2 is 1.87 bits per heavy atom. The molecule has 7 nitrogen and oxygen atoms in total. The first-order valence-electron chi connectivity index (χ1n) is 8.71. The highest BCUT2D eigenvalue weighted by atomic mass is 35.5. The lowest BCUT2D eigenvalue weighted by molar-refractivity contribution is -0.121. The van der Waals surface area contributed by atoms with Crippen molar-refractivity contribution in [2.75, 3.05) is 6.54 Å². The highest BCUT2D eigenvalue weighted by Crippen LogP contribution is 2.28. The van der Waals surface area contributed by atoms with Crippen molar-refractivity contribution in [1.82, 2.24) is 9.73 Å². The number of benzene rings is 2. The summed E-state index contributed by atoms with van der Waals surface area (Å²) in [7, 11) is -4.13. The Hall–Kier alpha value is -2.65. The minimum atomic E-state index is -4.13. The van der Waals surface area contributed by atoms with Crippen LogP contribution in [0.3, 0.4) is 0 Å². The first kappa shape index (κ1) is 22.0. The van der Waals surface area contributed by atoms with Gasteiger partial charge in [0.15, 0.2) is 0 Å². The molecular formula is C20H17Cl2N3O4S. The fourth-order valence-electron chi connectivity index (χ4n) is 2.56. The van der Waals surface area contributed by atoms with Crippen molar-refractivity contribution in [3.63, 3.8) is 0 Å². The molecule has 0 saturated carbocycles. The molecule has 0 bridgehead atoms. The number of halogens is 2. The van der Waals surface area contributed by atoms with Gasteiger partial charge in [0.2, 0.25) is 10.0 Å². The van der Waals surface area contributed by atoms with E-state index in [1.165, 1.54) is 30.7 Å². The topological polar surface area (TPSA) is 92.0 Å². The quantitative estimate of drug-likeness (QED) is 0.402. The highest BCUT2D eigenvalue weighted by Gasteiger charge is 2.29.